The Morgan fingerprint density at radius 2 is 2.00 bits per heavy atom. The van der Waals surface area contributed by atoms with Crippen LogP contribution in [-0.2, 0) is 9.53 Å². The van der Waals surface area contributed by atoms with Gasteiger partial charge in [0.1, 0.15) is 11.6 Å². The molecule has 2 rings (SSSR count). The predicted octanol–water partition coefficient (Wildman–Crippen LogP) is 3.89. The van der Waals surface area contributed by atoms with Gasteiger partial charge in [-0.05, 0) is 42.8 Å². The number of aryl methyl sites for hydroxylation is 1. The molecule has 6 nitrogen and oxygen atoms in total. The number of amides is 1. The summed E-state index contributed by atoms with van der Waals surface area (Å²) in [6.07, 6.45) is 1.27. The first-order valence-corrected chi connectivity index (χ1v) is 7.95. The highest BCUT2D eigenvalue weighted by Crippen LogP contribution is 2.20. The molecule has 0 aliphatic carbocycles. The summed E-state index contributed by atoms with van der Waals surface area (Å²) in [6, 6.07) is 13.4. The zero-order valence-electron chi connectivity index (χ0n) is 14.2. The van der Waals surface area contributed by atoms with Gasteiger partial charge in [0.15, 0.2) is 0 Å². The van der Waals surface area contributed by atoms with Crippen molar-refractivity contribution in [1.82, 2.24) is 0 Å². The molecule has 0 bridgehead atoms. The van der Waals surface area contributed by atoms with E-state index in [4.69, 9.17) is 11.6 Å². The maximum atomic E-state index is 12.3. The number of halogens is 1. The van der Waals surface area contributed by atoms with Crippen LogP contribution < -0.4 is 10.6 Å². The molecule has 2 aromatic rings. The number of carbonyl (C=O) groups excluding carboxylic acids is 2. The third kappa shape index (κ3) is 4.85. The Hall–Kier alpha value is -3.30. The minimum atomic E-state index is -0.575. The number of hydrogen-bond acceptors (Lipinski definition) is 5. The lowest BCUT2D eigenvalue weighted by atomic mass is 10.2. The van der Waals surface area contributed by atoms with Crippen molar-refractivity contribution < 1.29 is 14.3 Å². The first kappa shape index (κ1) is 19.0. The number of methoxy groups -OCH3 is 1. The number of anilines is 2. The van der Waals surface area contributed by atoms with Gasteiger partial charge in [0.25, 0.3) is 5.91 Å². The molecule has 2 aromatic carbocycles. The van der Waals surface area contributed by atoms with Crippen molar-refractivity contribution in [3.05, 3.63) is 70.4 Å². The number of ether oxygens (including phenoxy) is 1. The van der Waals surface area contributed by atoms with Gasteiger partial charge in [-0.25, -0.2) is 4.79 Å². The van der Waals surface area contributed by atoms with E-state index in [1.807, 2.05) is 13.0 Å². The minimum Gasteiger partial charge on any atom is -0.465 e. The summed E-state index contributed by atoms with van der Waals surface area (Å²) in [5.74, 6) is -1.05. The number of rotatable bonds is 5. The Morgan fingerprint density at radius 3 is 2.69 bits per heavy atom. The number of carbonyl (C=O) groups is 2. The monoisotopic (exact) mass is 369 g/mol. The summed E-state index contributed by atoms with van der Waals surface area (Å²) in [6.45, 7) is 1.82. The van der Waals surface area contributed by atoms with E-state index in [-0.39, 0.29) is 5.57 Å². The Morgan fingerprint density at radius 1 is 1.23 bits per heavy atom. The largest absolute Gasteiger partial charge is 0.465 e. The maximum Gasteiger partial charge on any atom is 0.337 e. The summed E-state index contributed by atoms with van der Waals surface area (Å²) in [4.78, 5) is 23.8. The second-order valence-electron chi connectivity index (χ2n) is 5.30. The van der Waals surface area contributed by atoms with Crippen LogP contribution in [0.5, 0.6) is 0 Å². The van der Waals surface area contributed by atoms with Crippen molar-refractivity contribution in [2.24, 2.45) is 0 Å². The first-order chi connectivity index (χ1) is 12.4. The van der Waals surface area contributed by atoms with Gasteiger partial charge in [-0.1, -0.05) is 23.7 Å². The van der Waals surface area contributed by atoms with E-state index >= 15 is 0 Å². The zero-order valence-corrected chi connectivity index (χ0v) is 14.9. The van der Waals surface area contributed by atoms with Crippen LogP contribution in [0.25, 0.3) is 0 Å². The Kier molecular flexibility index (Phi) is 6.36. The lowest BCUT2D eigenvalue weighted by Gasteiger charge is -2.09. The van der Waals surface area contributed by atoms with E-state index in [2.05, 4.69) is 15.4 Å². The van der Waals surface area contributed by atoms with Crippen LogP contribution in [0.15, 0.2) is 54.2 Å². The predicted molar refractivity (Wildman–Crippen MR) is 99.9 cm³/mol. The fraction of sp³-hybridized carbons (Fsp3) is 0.105. The van der Waals surface area contributed by atoms with E-state index in [1.54, 1.807) is 42.5 Å². The van der Waals surface area contributed by atoms with Gasteiger partial charge in [-0.2, -0.15) is 5.26 Å². The molecular formula is C19H16ClN3O3. The van der Waals surface area contributed by atoms with Crippen molar-refractivity contribution in [2.75, 3.05) is 17.7 Å². The molecule has 0 fully saturated rings. The standard InChI is InChI=1S/C19H16ClN3O3/c1-12-6-7-15(20)9-17(12)23-18(24)14(10-21)11-22-16-5-3-4-13(8-16)19(25)26-2/h3-9,11,22H,1-2H3,(H,23,24)/b14-11-. The average Bonchev–Trinajstić information content (AvgIpc) is 2.64. The maximum absolute atomic E-state index is 12.3. The Bertz CT molecular complexity index is 916. The van der Waals surface area contributed by atoms with Crippen LogP contribution in [0.1, 0.15) is 15.9 Å². The molecule has 26 heavy (non-hydrogen) atoms. The molecule has 0 aliphatic heterocycles. The third-order valence-corrected chi connectivity index (χ3v) is 3.71. The van der Waals surface area contributed by atoms with Crippen LogP contribution in [-0.4, -0.2) is 19.0 Å². The topological polar surface area (TPSA) is 91.2 Å². The van der Waals surface area contributed by atoms with Crippen LogP contribution in [0.3, 0.4) is 0 Å². The van der Waals surface area contributed by atoms with Gasteiger partial charge in [-0.15, -0.1) is 0 Å². The van der Waals surface area contributed by atoms with Crippen LogP contribution in [0.2, 0.25) is 5.02 Å². The third-order valence-electron chi connectivity index (χ3n) is 3.48. The molecule has 132 valence electrons. The number of nitriles is 1. The highest BCUT2D eigenvalue weighted by molar-refractivity contribution is 6.31. The van der Waals surface area contributed by atoms with Crippen molar-refractivity contribution in [3.8, 4) is 6.07 Å². The van der Waals surface area contributed by atoms with Crippen LogP contribution in [0, 0.1) is 18.3 Å². The molecule has 2 N–H and O–H groups in total. The van der Waals surface area contributed by atoms with E-state index in [9.17, 15) is 14.9 Å². The van der Waals surface area contributed by atoms with Crippen LogP contribution in [0.4, 0.5) is 11.4 Å². The molecule has 0 aliphatic rings. The quantitative estimate of drug-likeness (QED) is 0.474. The van der Waals surface area contributed by atoms with E-state index in [0.717, 1.165) is 5.56 Å². The molecule has 0 radical (unpaired) electrons. The van der Waals surface area contributed by atoms with Gasteiger partial charge in [-0.3, -0.25) is 4.79 Å². The number of nitrogens with zero attached hydrogens (tertiary/aromatic N) is 1. The molecule has 0 saturated carbocycles. The van der Waals surface area contributed by atoms with Crippen molar-refractivity contribution in [2.45, 2.75) is 6.92 Å². The number of nitrogens with one attached hydrogen (secondary N) is 2. The van der Waals surface area contributed by atoms with E-state index in [0.29, 0.717) is 22.0 Å². The summed E-state index contributed by atoms with van der Waals surface area (Å²) in [5, 5.41) is 15.2. The van der Waals surface area contributed by atoms with Gasteiger partial charge in [0.05, 0.1) is 12.7 Å². The number of benzene rings is 2. The normalized spacial score (nSPS) is 10.6. The summed E-state index contributed by atoms with van der Waals surface area (Å²) < 4.78 is 4.65. The van der Waals surface area contributed by atoms with Crippen molar-refractivity contribution in [1.29, 1.82) is 5.26 Å². The molecule has 0 atom stereocenters. The van der Waals surface area contributed by atoms with Gasteiger partial charge in [0, 0.05) is 22.6 Å². The van der Waals surface area contributed by atoms with Gasteiger partial charge in [0.2, 0.25) is 0 Å². The average molecular weight is 370 g/mol. The fourth-order valence-electron chi connectivity index (χ4n) is 2.08. The summed E-state index contributed by atoms with van der Waals surface area (Å²) in [7, 11) is 1.29. The second kappa shape index (κ2) is 8.70. The first-order valence-electron chi connectivity index (χ1n) is 7.57. The zero-order chi connectivity index (χ0) is 19.1. The number of esters is 1. The fourth-order valence-corrected chi connectivity index (χ4v) is 2.25. The molecule has 7 heteroatoms. The summed E-state index contributed by atoms with van der Waals surface area (Å²) >= 11 is 5.93. The molecule has 0 aromatic heterocycles. The Balaban J connectivity index is 2.15. The summed E-state index contributed by atoms with van der Waals surface area (Å²) in [5.41, 5.74) is 2.10. The van der Waals surface area contributed by atoms with E-state index < -0.39 is 11.9 Å². The molecule has 0 unspecified atom stereocenters. The van der Waals surface area contributed by atoms with E-state index in [1.165, 1.54) is 13.3 Å². The minimum absolute atomic E-state index is 0.132. The number of hydrogen-bond donors (Lipinski definition) is 2. The molecule has 0 heterocycles. The van der Waals surface area contributed by atoms with Crippen LogP contribution >= 0.6 is 11.6 Å². The lowest BCUT2D eigenvalue weighted by molar-refractivity contribution is -0.112. The highest BCUT2D eigenvalue weighted by Gasteiger charge is 2.11. The smallest absolute Gasteiger partial charge is 0.337 e. The molecule has 0 spiro atoms. The SMILES string of the molecule is COC(=O)c1cccc(N/C=C(/C#N)C(=O)Nc2cc(Cl)ccc2C)c1. The second-order valence-corrected chi connectivity index (χ2v) is 5.74. The van der Waals surface area contributed by atoms with Gasteiger partial charge >= 0.3 is 5.97 Å². The van der Waals surface area contributed by atoms with Crippen molar-refractivity contribution >= 4 is 34.9 Å². The molecule has 1 amide bonds. The Labute approximate surface area is 156 Å². The highest BCUT2D eigenvalue weighted by atomic mass is 35.5. The van der Waals surface area contributed by atoms with Crippen molar-refractivity contribution in [3.63, 3.8) is 0 Å². The molecule has 0 saturated heterocycles. The molecular weight excluding hydrogens is 354 g/mol. The van der Waals surface area contributed by atoms with Gasteiger partial charge < -0.3 is 15.4 Å². The lowest BCUT2D eigenvalue weighted by Crippen LogP contribution is -2.15.